The average Bonchev–Trinajstić information content (AvgIpc) is 2.37. The Morgan fingerprint density at radius 1 is 1.60 bits per heavy atom. The van der Waals surface area contributed by atoms with Crippen molar-refractivity contribution in [3.05, 3.63) is 0 Å². The van der Waals surface area contributed by atoms with Crippen LogP contribution in [0.5, 0.6) is 0 Å². The molecule has 0 saturated carbocycles. The molecule has 0 aromatic carbocycles. The van der Waals surface area contributed by atoms with Crippen LogP contribution >= 0.6 is 0 Å². The fraction of sp³-hybridized carbons (Fsp3) is 0.875. The van der Waals surface area contributed by atoms with E-state index in [1.165, 1.54) is 0 Å². The van der Waals surface area contributed by atoms with E-state index in [0.29, 0.717) is 12.3 Å². The highest BCUT2D eigenvalue weighted by Gasteiger charge is 2.40. The van der Waals surface area contributed by atoms with Gasteiger partial charge in [0.1, 0.15) is 6.04 Å². The molecule has 6 nitrogen and oxygen atoms in total. The summed E-state index contributed by atoms with van der Waals surface area (Å²) in [5, 5.41) is 8.84. The average molecular weight is 236 g/mol. The highest BCUT2D eigenvalue weighted by Crippen LogP contribution is 2.15. The maximum atomic E-state index is 11.4. The van der Waals surface area contributed by atoms with Crippen molar-refractivity contribution in [3.8, 4) is 0 Å². The van der Waals surface area contributed by atoms with Crippen molar-refractivity contribution < 1.29 is 18.3 Å². The maximum Gasteiger partial charge on any atom is 0.323 e. The van der Waals surface area contributed by atoms with Crippen LogP contribution in [-0.4, -0.2) is 42.9 Å². The molecule has 2 N–H and O–H groups in total. The molecule has 0 bridgehead atoms. The van der Waals surface area contributed by atoms with E-state index in [2.05, 4.69) is 4.72 Å². The van der Waals surface area contributed by atoms with Crippen molar-refractivity contribution >= 4 is 16.2 Å². The zero-order valence-corrected chi connectivity index (χ0v) is 9.62. The fourth-order valence-electron chi connectivity index (χ4n) is 1.41. The largest absolute Gasteiger partial charge is 0.480 e. The van der Waals surface area contributed by atoms with Crippen molar-refractivity contribution in [1.29, 1.82) is 0 Å². The highest BCUT2D eigenvalue weighted by molar-refractivity contribution is 7.87. The van der Waals surface area contributed by atoms with Crippen LogP contribution in [0.25, 0.3) is 0 Å². The zero-order valence-electron chi connectivity index (χ0n) is 8.80. The van der Waals surface area contributed by atoms with Gasteiger partial charge >= 0.3 is 5.97 Å². The third-order valence-corrected chi connectivity index (χ3v) is 3.91. The first-order valence-corrected chi connectivity index (χ1v) is 6.28. The van der Waals surface area contributed by atoms with Gasteiger partial charge in [0.25, 0.3) is 10.2 Å². The SMILES string of the molecule is CC(C)CCN1C(C(=O)O)CNS1(=O)=O. The van der Waals surface area contributed by atoms with Gasteiger partial charge in [-0.15, -0.1) is 0 Å². The molecule has 0 spiro atoms. The number of hydrogen-bond donors (Lipinski definition) is 2. The highest BCUT2D eigenvalue weighted by atomic mass is 32.2. The van der Waals surface area contributed by atoms with E-state index in [9.17, 15) is 13.2 Å². The van der Waals surface area contributed by atoms with E-state index in [-0.39, 0.29) is 13.1 Å². The monoisotopic (exact) mass is 236 g/mol. The van der Waals surface area contributed by atoms with E-state index in [4.69, 9.17) is 5.11 Å². The van der Waals surface area contributed by atoms with E-state index >= 15 is 0 Å². The molecule has 0 radical (unpaired) electrons. The number of carboxylic acids is 1. The predicted octanol–water partition coefficient (Wildman–Crippen LogP) is -0.364. The first kappa shape index (κ1) is 12.4. The summed E-state index contributed by atoms with van der Waals surface area (Å²) in [5.74, 6) is -0.762. The molecule has 1 aliphatic heterocycles. The molecule has 1 fully saturated rings. The van der Waals surface area contributed by atoms with Gasteiger partial charge in [-0.05, 0) is 12.3 Å². The Hall–Kier alpha value is -0.660. The molecular weight excluding hydrogens is 220 g/mol. The van der Waals surface area contributed by atoms with Gasteiger partial charge in [0.15, 0.2) is 0 Å². The Morgan fingerprint density at radius 3 is 2.67 bits per heavy atom. The van der Waals surface area contributed by atoms with Gasteiger partial charge < -0.3 is 5.11 Å². The second-order valence-corrected chi connectivity index (χ2v) is 5.71. The number of rotatable bonds is 4. The second kappa shape index (κ2) is 4.46. The second-order valence-electron chi connectivity index (χ2n) is 4.00. The first-order valence-electron chi connectivity index (χ1n) is 4.84. The molecule has 1 rings (SSSR count). The molecule has 0 amide bonds. The zero-order chi connectivity index (χ0) is 11.6. The predicted molar refractivity (Wildman–Crippen MR) is 54.5 cm³/mol. The topological polar surface area (TPSA) is 86.7 Å². The quantitative estimate of drug-likeness (QED) is 0.697. The number of nitrogens with one attached hydrogen (secondary N) is 1. The summed E-state index contributed by atoms with van der Waals surface area (Å²) >= 11 is 0. The Balaban J connectivity index is 2.74. The van der Waals surface area contributed by atoms with Gasteiger partial charge in [-0.25, -0.2) is 0 Å². The van der Waals surface area contributed by atoms with Crippen LogP contribution in [-0.2, 0) is 15.0 Å². The van der Waals surface area contributed by atoms with Crippen LogP contribution in [0.1, 0.15) is 20.3 Å². The molecule has 7 heteroatoms. The third kappa shape index (κ3) is 2.90. The van der Waals surface area contributed by atoms with E-state index in [1.54, 1.807) is 0 Å². The van der Waals surface area contributed by atoms with E-state index < -0.39 is 22.2 Å². The molecule has 1 saturated heterocycles. The molecule has 0 aromatic rings. The molecule has 88 valence electrons. The molecule has 0 aromatic heterocycles. The Labute approximate surface area is 89.4 Å². The lowest BCUT2D eigenvalue weighted by molar-refractivity contribution is -0.140. The summed E-state index contributed by atoms with van der Waals surface area (Å²) in [7, 11) is -3.57. The van der Waals surface area contributed by atoms with Gasteiger partial charge in [0.05, 0.1) is 0 Å². The van der Waals surface area contributed by atoms with Gasteiger partial charge in [0.2, 0.25) is 0 Å². The standard InChI is InChI=1S/C8H16N2O4S/c1-6(2)3-4-10-7(8(11)12)5-9-15(10,13)14/h6-7,9H,3-5H2,1-2H3,(H,11,12). The number of carbonyl (C=O) groups is 1. The molecule has 0 aliphatic carbocycles. The Morgan fingerprint density at radius 2 is 2.20 bits per heavy atom. The van der Waals surface area contributed by atoms with Crippen molar-refractivity contribution in [2.75, 3.05) is 13.1 Å². The van der Waals surface area contributed by atoms with Crippen molar-refractivity contribution in [1.82, 2.24) is 9.03 Å². The molecule has 1 unspecified atom stereocenters. The summed E-state index contributed by atoms with van der Waals surface area (Å²) in [6, 6.07) is -0.964. The van der Waals surface area contributed by atoms with E-state index in [0.717, 1.165) is 4.31 Å². The summed E-state index contributed by atoms with van der Waals surface area (Å²) in [6.07, 6.45) is 0.657. The van der Waals surface area contributed by atoms with Crippen LogP contribution in [0, 0.1) is 5.92 Å². The first-order chi connectivity index (χ1) is 6.84. The third-order valence-electron chi connectivity index (χ3n) is 2.33. The summed E-state index contributed by atoms with van der Waals surface area (Å²) < 4.78 is 26.1. The lowest BCUT2D eigenvalue weighted by Crippen LogP contribution is -2.40. The smallest absolute Gasteiger partial charge is 0.323 e. The van der Waals surface area contributed by atoms with Crippen molar-refractivity contribution in [2.45, 2.75) is 26.3 Å². The van der Waals surface area contributed by atoms with Gasteiger partial charge in [-0.3, -0.25) is 4.79 Å². The minimum Gasteiger partial charge on any atom is -0.480 e. The van der Waals surface area contributed by atoms with Crippen molar-refractivity contribution in [2.24, 2.45) is 5.92 Å². The lowest BCUT2D eigenvalue weighted by atomic mass is 10.1. The molecule has 1 heterocycles. The Bertz CT molecular complexity index is 339. The van der Waals surface area contributed by atoms with Crippen LogP contribution in [0.15, 0.2) is 0 Å². The minimum absolute atomic E-state index is 0.0459. The summed E-state index contributed by atoms with van der Waals surface area (Å²) in [4.78, 5) is 10.8. The summed E-state index contributed by atoms with van der Waals surface area (Å²) in [5.41, 5.74) is 0. The molecule has 1 aliphatic rings. The number of carboxylic acid groups (broad SMARTS) is 1. The van der Waals surface area contributed by atoms with Gasteiger partial charge in [0, 0.05) is 13.1 Å². The van der Waals surface area contributed by atoms with Gasteiger partial charge in [-0.1, -0.05) is 13.8 Å². The maximum absolute atomic E-state index is 11.4. The molecule has 15 heavy (non-hydrogen) atoms. The van der Waals surface area contributed by atoms with E-state index in [1.807, 2.05) is 13.8 Å². The summed E-state index contributed by atoms with van der Waals surface area (Å²) in [6.45, 7) is 4.14. The number of nitrogens with zero attached hydrogens (tertiary/aromatic N) is 1. The minimum atomic E-state index is -3.57. The van der Waals surface area contributed by atoms with Crippen LogP contribution in [0.4, 0.5) is 0 Å². The van der Waals surface area contributed by atoms with Crippen molar-refractivity contribution in [3.63, 3.8) is 0 Å². The number of aliphatic carboxylic acids is 1. The molecular formula is C8H16N2O4S. The number of hydrogen-bond acceptors (Lipinski definition) is 3. The Kier molecular flexibility index (Phi) is 3.69. The fourth-order valence-corrected chi connectivity index (χ4v) is 2.79. The lowest BCUT2D eigenvalue weighted by Gasteiger charge is -2.19. The van der Waals surface area contributed by atoms with Crippen LogP contribution in [0.2, 0.25) is 0 Å². The van der Waals surface area contributed by atoms with Crippen LogP contribution < -0.4 is 4.72 Å². The van der Waals surface area contributed by atoms with Crippen LogP contribution in [0.3, 0.4) is 0 Å². The normalized spacial score (nSPS) is 25.9. The molecule has 1 atom stereocenters. The van der Waals surface area contributed by atoms with Gasteiger partial charge in [-0.2, -0.15) is 17.4 Å².